The molecule has 0 saturated carbocycles. The number of carbonyl (C=O) groups is 2. The summed E-state index contributed by atoms with van der Waals surface area (Å²) in [5.74, 6) is -0.113. The lowest BCUT2D eigenvalue weighted by molar-refractivity contribution is -0.126. The molecule has 0 aromatic carbocycles. The number of Topliss-reactive ketones (excluding diaryl/α,β-unsaturated/α-hetero) is 1. The van der Waals surface area contributed by atoms with Crippen molar-refractivity contribution in [3.8, 4) is 0 Å². The quantitative estimate of drug-likeness (QED) is 0.159. The highest BCUT2D eigenvalue weighted by molar-refractivity contribution is 5.84. The second kappa shape index (κ2) is 19.3. The largest absolute Gasteiger partial charge is 0.394 e. The third kappa shape index (κ3) is 17.4. The van der Waals surface area contributed by atoms with Gasteiger partial charge in [0.15, 0.2) is 0 Å². The van der Waals surface area contributed by atoms with Gasteiger partial charge in [0.25, 0.3) is 0 Å². The zero-order valence-electron chi connectivity index (χ0n) is 21.3. The first-order valence-corrected chi connectivity index (χ1v) is 13.0. The molecule has 0 fully saturated rings. The molecule has 2 unspecified atom stereocenters. The third-order valence-corrected chi connectivity index (χ3v) is 5.91. The van der Waals surface area contributed by atoms with Gasteiger partial charge in [-0.25, -0.2) is 0 Å². The summed E-state index contributed by atoms with van der Waals surface area (Å²) < 4.78 is 0. The summed E-state index contributed by atoms with van der Waals surface area (Å²) in [6.45, 7) is 7.54. The predicted octanol–water partition coefficient (Wildman–Crippen LogP) is 5.87. The average Bonchev–Trinajstić information content (AvgIpc) is 2.74. The van der Waals surface area contributed by atoms with Crippen LogP contribution in [0.3, 0.4) is 0 Å². The van der Waals surface area contributed by atoms with E-state index in [0.29, 0.717) is 12.8 Å². The minimum Gasteiger partial charge on any atom is -0.394 e. The van der Waals surface area contributed by atoms with Gasteiger partial charge in [-0.15, -0.1) is 0 Å². The van der Waals surface area contributed by atoms with E-state index in [0.717, 1.165) is 12.8 Å². The van der Waals surface area contributed by atoms with Crippen LogP contribution in [-0.2, 0) is 9.59 Å². The van der Waals surface area contributed by atoms with Crippen LogP contribution in [0.15, 0.2) is 12.2 Å². The van der Waals surface area contributed by atoms with Gasteiger partial charge in [-0.1, -0.05) is 104 Å². The minimum atomic E-state index is -0.909. The maximum Gasteiger partial charge on any atom is 0.220 e. The Labute approximate surface area is 197 Å². The van der Waals surface area contributed by atoms with Crippen molar-refractivity contribution >= 4 is 11.7 Å². The van der Waals surface area contributed by atoms with Crippen LogP contribution in [0.1, 0.15) is 124 Å². The number of aliphatic hydroxyl groups excluding tert-OH is 2. The van der Waals surface area contributed by atoms with Crippen LogP contribution in [0.4, 0.5) is 0 Å². The molecule has 2 atom stereocenters. The van der Waals surface area contributed by atoms with E-state index in [9.17, 15) is 19.8 Å². The Morgan fingerprint density at radius 2 is 1.38 bits per heavy atom. The number of allylic oxidation sites excluding steroid dienone is 1. The van der Waals surface area contributed by atoms with Crippen molar-refractivity contribution in [2.24, 2.45) is 5.41 Å². The van der Waals surface area contributed by atoms with E-state index >= 15 is 0 Å². The lowest BCUT2D eigenvalue weighted by Crippen LogP contribution is -2.45. The SMILES string of the molecule is CCCCCCCCCCCCC/C=C/C(O)C(CO)NC(=O)CCCC(=O)C(C)(C)C. The van der Waals surface area contributed by atoms with Crippen LogP contribution < -0.4 is 5.32 Å². The van der Waals surface area contributed by atoms with Gasteiger partial charge in [0.2, 0.25) is 5.91 Å². The molecular formula is C27H51NO4. The van der Waals surface area contributed by atoms with Gasteiger partial charge in [-0.05, 0) is 19.3 Å². The van der Waals surface area contributed by atoms with E-state index < -0.39 is 12.1 Å². The first-order valence-electron chi connectivity index (χ1n) is 13.0. The Bertz CT molecular complexity index is 510. The average molecular weight is 454 g/mol. The molecule has 0 aromatic rings. The number of nitrogens with one attached hydrogen (secondary N) is 1. The van der Waals surface area contributed by atoms with Gasteiger partial charge in [0, 0.05) is 18.3 Å². The molecule has 0 aromatic heterocycles. The molecule has 0 spiro atoms. The maximum absolute atomic E-state index is 12.1. The highest BCUT2D eigenvalue weighted by Gasteiger charge is 2.22. The Hall–Kier alpha value is -1.20. The molecule has 0 bridgehead atoms. The zero-order valence-corrected chi connectivity index (χ0v) is 21.3. The normalized spacial score (nSPS) is 13.9. The molecule has 0 rings (SSSR count). The second-order valence-electron chi connectivity index (χ2n) is 10.1. The molecule has 5 heteroatoms. The fourth-order valence-corrected chi connectivity index (χ4v) is 3.60. The van der Waals surface area contributed by atoms with E-state index in [-0.39, 0.29) is 30.1 Å². The van der Waals surface area contributed by atoms with Gasteiger partial charge in [-0.3, -0.25) is 9.59 Å². The first-order chi connectivity index (χ1) is 15.2. The van der Waals surface area contributed by atoms with Crippen LogP contribution in [-0.4, -0.2) is 40.7 Å². The van der Waals surface area contributed by atoms with Gasteiger partial charge < -0.3 is 15.5 Å². The van der Waals surface area contributed by atoms with Crippen molar-refractivity contribution in [3.05, 3.63) is 12.2 Å². The van der Waals surface area contributed by atoms with E-state index in [4.69, 9.17) is 0 Å². The number of amides is 1. The van der Waals surface area contributed by atoms with Crippen LogP contribution in [0, 0.1) is 5.41 Å². The molecule has 0 aliphatic rings. The fourth-order valence-electron chi connectivity index (χ4n) is 3.60. The molecule has 32 heavy (non-hydrogen) atoms. The number of hydrogen-bond donors (Lipinski definition) is 3. The van der Waals surface area contributed by atoms with Gasteiger partial charge in [0.05, 0.1) is 18.8 Å². The summed E-state index contributed by atoms with van der Waals surface area (Å²) in [5, 5.41) is 22.4. The molecule has 5 nitrogen and oxygen atoms in total. The van der Waals surface area contributed by atoms with Crippen molar-refractivity contribution < 1.29 is 19.8 Å². The van der Waals surface area contributed by atoms with E-state index in [2.05, 4.69) is 12.2 Å². The standard InChI is InChI=1S/C27H51NO4/c1-5-6-7-8-9-10-11-12-13-14-15-16-17-19-24(30)23(22-29)28-26(32)21-18-20-25(31)27(2,3)4/h17,19,23-24,29-30H,5-16,18,20-22H2,1-4H3,(H,28,32)/b19-17+. The maximum atomic E-state index is 12.1. The summed E-state index contributed by atoms with van der Waals surface area (Å²) >= 11 is 0. The molecule has 0 saturated heterocycles. The monoisotopic (exact) mass is 453 g/mol. The van der Waals surface area contributed by atoms with Crippen molar-refractivity contribution in [2.45, 2.75) is 136 Å². The molecule has 0 aliphatic carbocycles. The second-order valence-corrected chi connectivity index (χ2v) is 10.1. The lowest BCUT2D eigenvalue weighted by atomic mass is 9.88. The summed E-state index contributed by atoms with van der Waals surface area (Å²) in [7, 11) is 0. The summed E-state index contributed by atoms with van der Waals surface area (Å²) in [4.78, 5) is 24.0. The molecule has 1 amide bonds. The number of hydrogen-bond acceptors (Lipinski definition) is 4. The topological polar surface area (TPSA) is 86.6 Å². The summed E-state index contributed by atoms with van der Waals surface area (Å²) in [5.41, 5.74) is -0.390. The van der Waals surface area contributed by atoms with E-state index in [1.54, 1.807) is 6.08 Å². The summed E-state index contributed by atoms with van der Waals surface area (Å²) in [6, 6.07) is -0.714. The van der Waals surface area contributed by atoms with Crippen LogP contribution in [0.25, 0.3) is 0 Å². The number of rotatable bonds is 20. The zero-order chi connectivity index (χ0) is 24.2. The minimum absolute atomic E-state index is 0.134. The van der Waals surface area contributed by atoms with E-state index in [1.807, 2.05) is 26.8 Å². The number of aliphatic hydroxyl groups is 2. The molecule has 0 aliphatic heterocycles. The van der Waals surface area contributed by atoms with Crippen molar-refractivity contribution in [1.29, 1.82) is 0 Å². The van der Waals surface area contributed by atoms with Crippen LogP contribution >= 0.6 is 0 Å². The molecule has 3 N–H and O–H groups in total. The number of unbranched alkanes of at least 4 members (excludes halogenated alkanes) is 11. The van der Waals surface area contributed by atoms with Gasteiger partial charge >= 0.3 is 0 Å². The Kier molecular flexibility index (Phi) is 18.6. The Morgan fingerprint density at radius 1 is 0.844 bits per heavy atom. The fraction of sp³-hybridized carbons (Fsp3) is 0.852. The Balaban J connectivity index is 3.86. The smallest absolute Gasteiger partial charge is 0.220 e. The predicted molar refractivity (Wildman–Crippen MR) is 134 cm³/mol. The molecule has 0 heterocycles. The van der Waals surface area contributed by atoms with E-state index in [1.165, 1.54) is 64.2 Å². The first kappa shape index (κ1) is 30.8. The van der Waals surface area contributed by atoms with Crippen LogP contribution in [0.2, 0.25) is 0 Å². The molecule has 0 radical (unpaired) electrons. The highest BCUT2D eigenvalue weighted by atomic mass is 16.3. The number of ketones is 1. The molecular weight excluding hydrogens is 402 g/mol. The van der Waals surface area contributed by atoms with Crippen LogP contribution in [0.5, 0.6) is 0 Å². The Morgan fingerprint density at radius 3 is 1.88 bits per heavy atom. The van der Waals surface area contributed by atoms with Gasteiger partial charge in [-0.2, -0.15) is 0 Å². The number of carbonyl (C=O) groups excluding carboxylic acids is 2. The highest BCUT2D eigenvalue weighted by Crippen LogP contribution is 2.18. The lowest BCUT2D eigenvalue weighted by Gasteiger charge is -2.20. The van der Waals surface area contributed by atoms with Crippen molar-refractivity contribution in [3.63, 3.8) is 0 Å². The third-order valence-electron chi connectivity index (χ3n) is 5.91. The molecule has 188 valence electrons. The van der Waals surface area contributed by atoms with Crippen molar-refractivity contribution in [2.75, 3.05) is 6.61 Å². The van der Waals surface area contributed by atoms with Gasteiger partial charge in [0.1, 0.15) is 5.78 Å². The van der Waals surface area contributed by atoms with Crippen molar-refractivity contribution in [1.82, 2.24) is 5.32 Å². The summed E-state index contributed by atoms with van der Waals surface area (Å²) in [6.07, 6.45) is 19.0.